The van der Waals surface area contributed by atoms with Crippen LogP contribution in [0.5, 0.6) is 5.75 Å². The molecule has 0 bridgehead atoms. The zero-order chi connectivity index (χ0) is 12.6. The van der Waals surface area contributed by atoms with Crippen molar-refractivity contribution in [3.63, 3.8) is 0 Å². The normalized spacial score (nSPS) is 27.8. The predicted molar refractivity (Wildman–Crippen MR) is 63.8 cm³/mol. The molecule has 0 aliphatic heterocycles. The minimum atomic E-state index is -0.506. The van der Waals surface area contributed by atoms with Crippen LogP contribution in [-0.2, 0) is 4.79 Å². The van der Waals surface area contributed by atoms with Gasteiger partial charge in [0.1, 0.15) is 23.5 Å². The molecule has 1 aromatic carbocycles. The molecule has 0 amide bonds. The van der Waals surface area contributed by atoms with E-state index >= 15 is 0 Å². The molecule has 1 aliphatic carbocycles. The Balaban J connectivity index is 2.12. The smallest absolute Gasteiger partial charge is 0.146 e. The predicted octanol–water partition coefficient (Wildman–Crippen LogP) is 3.62. The fourth-order valence-corrected chi connectivity index (χ4v) is 2.10. The van der Waals surface area contributed by atoms with Gasteiger partial charge in [0.2, 0.25) is 0 Å². The molecule has 0 radical (unpaired) electrons. The van der Waals surface area contributed by atoms with Crippen LogP contribution < -0.4 is 4.74 Å². The first kappa shape index (κ1) is 12.4. The topological polar surface area (TPSA) is 26.3 Å². The number of carbonyl (C=O) groups is 1. The van der Waals surface area contributed by atoms with Gasteiger partial charge in [-0.3, -0.25) is 4.79 Å². The molecule has 2 rings (SSSR count). The molecular formula is C13H14ClFO2. The third-order valence-electron chi connectivity index (χ3n) is 3.62. The van der Waals surface area contributed by atoms with Gasteiger partial charge >= 0.3 is 0 Å². The second-order valence-electron chi connectivity index (χ2n) is 4.58. The maximum absolute atomic E-state index is 13.2. The van der Waals surface area contributed by atoms with E-state index in [-0.39, 0.29) is 16.9 Å². The van der Waals surface area contributed by atoms with Gasteiger partial charge in [-0.2, -0.15) is 0 Å². The van der Waals surface area contributed by atoms with E-state index in [9.17, 15) is 9.18 Å². The number of benzene rings is 1. The standard InChI is InChI=1S/C13H14ClFO2/c1-3-13(2)11(16)7-12(13)17-8-4-5-9(14)10(15)6-8/h4-6,12H,3,7H2,1-2H3. The number of ketones is 1. The second kappa shape index (κ2) is 4.30. The lowest BCUT2D eigenvalue weighted by atomic mass is 9.64. The molecule has 0 N–H and O–H groups in total. The molecule has 4 heteroatoms. The summed E-state index contributed by atoms with van der Waals surface area (Å²) in [6, 6.07) is 4.32. The first-order valence-corrected chi connectivity index (χ1v) is 6.00. The van der Waals surface area contributed by atoms with E-state index < -0.39 is 11.2 Å². The Bertz CT molecular complexity index is 461. The Morgan fingerprint density at radius 3 is 2.82 bits per heavy atom. The number of rotatable bonds is 3. The van der Waals surface area contributed by atoms with Gasteiger partial charge in [0.05, 0.1) is 10.4 Å². The molecule has 2 unspecified atom stereocenters. The number of carbonyl (C=O) groups excluding carboxylic acids is 1. The maximum atomic E-state index is 13.2. The quantitative estimate of drug-likeness (QED) is 0.826. The first-order chi connectivity index (χ1) is 7.97. The van der Waals surface area contributed by atoms with Crippen molar-refractivity contribution in [2.45, 2.75) is 32.8 Å². The van der Waals surface area contributed by atoms with Crippen molar-refractivity contribution in [1.29, 1.82) is 0 Å². The van der Waals surface area contributed by atoms with Crippen LogP contribution in [0.4, 0.5) is 4.39 Å². The molecule has 2 nitrogen and oxygen atoms in total. The van der Waals surface area contributed by atoms with Crippen molar-refractivity contribution in [2.24, 2.45) is 5.41 Å². The summed E-state index contributed by atoms with van der Waals surface area (Å²) in [6.07, 6.45) is 0.960. The summed E-state index contributed by atoms with van der Waals surface area (Å²) < 4.78 is 18.9. The Kier molecular flexibility index (Phi) is 3.13. The first-order valence-electron chi connectivity index (χ1n) is 5.62. The maximum Gasteiger partial charge on any atom is 0.146 e. The summed E-state index contributed by atoms with van der Waals surface area (Å²) in [7, 11) is 0. The molecule has 1 aromatic rings. The lowest BCUT2D eigenvalue weighted by Crippen LogP contribution is -2.54. The SMILES string of the molecule is CCC1(C)C(=O)CC1Oc1ccc(Cl)c(F)c1. The average Bonchev–Trinajstić information content (AvgIpc) is 2.32. The third-order valence-corrected chi connectivity index (χ3v) is 3.93. The highest BCUT2D eigenvalue weighted by Crippen LogP contribution is 2.42. The molecule has 0 saturated heterocycles. The van der Waals surface area contributed by atoms with E-state index in [2.05, 4.69) is 0 Å². The van der Waals surface area contributed by atoms with Crippen molar-refractivity contribution in [2.75, 3.05) is 0 Å². The highest BCUT2D eigenvalue weighted by molar-refractivity contribution is 6.30. The monoisotopic (exact) mass is 256 g/mol. The van der Waals surface area contributed by atoms with Crippen LogP contribution in [0.2, 0.25) is 5.02 Å². The van der Waals surface area contributed by atoms with Crippen LogP contribution in [0.3, 0.4) is 0 Å². The number of halogens is 2. The molecule has 1 fully saturated rings. The Labute approximate surface area is 105 Å². The van der Waals surface area contributed by atoms with E-state index in [4.69, 9.17) is 16.3 Å². The lowest BCUT2D eigenvalue weighted by Gasteiger charge is -2.44. The molecular weight excluding hydrogens is 243 g/mol. The van der Waals surface area contributed by atoms with E-state index in [1.54, 1.807) is 6.07 Å². The van der Waals surface area contributed by atoms with Crippen LogP contribution in [0.25, 0.3) is 0 Å². The zero-order valence-electron chi connectivity index (χ0n) is 9.80. The van der Waals surface area contributed by atoms with Gasteiger partial charge in [-0.05, 0) is 25.5 Å². The van der Waals surface area contributed by atoms with E-state index in [0.29, 0.717) is 12.2 Å². The van der Waals surface area contributed by atoms with Gasteiger partial charge in [-0.1, -0.05) is 18.5 Å². The second-order valence-corrected chi connectivity index (χ2v) is 4.99. The highest BCUT2D eigenvalue weighted by atomic mass is 35.5. The van der Waals surface area contributed by atoms with Gasteiger partial charge in [0, 0.05) is 12.5 Å². The van der Waals surface area contributed by atoms with Gasteiger partial charge in [-0.15, -0.1) is 0 Å². The molecule has 0 aromatic heterocycles. The summed E-state index contributed by atoms with van der Waals surface area (Å²) in [5.74, 6) is 0.122. The van der Waals surface area contributed by atoms with Crippen LogP contribution in [0.15, 0.2) is 18.2 Å². The largest absolute Gasteiger partial charge is 0.489 e. The van der Waals surface area contributed by atoms with Crippen molar-refractivity contribution >= 4 is 17.4 Å². The minimum Gasteiger partial charge on any atom is -0.489 e. The Morgan fingerprint density at radius 2 is 2.29 bits per heavy atom. The molecule has 0 spiro atoms. The van der Waals surface area contributed by atoms with E-state index in [1.165, 1.54) is 12.1 Å². The van der Waals surface area contributed by atoms with E-state index in [0.717, 1.165) is 6.42 Å². The molecule has 2 atom stereocenters. The molecule has 0 heterocycles. The Morgan fingerprint density at radius 1 is 1.59 bits per heavy atom. The van der Waals surface area contributed by atoms with Gasteiger partial charge < -0.3 is 4.74 Å². The summed E-state index contributed by atoms with van der Waals surface area (Å²) in [5.41, 5.74) is -0.434. The number of hydrogen-bond donors (Lipinski definition) is 0. The summed E-state index contributed by atoms with van der Waals surface area (Å²) in [5, 5.41) is 0.0697. The summed E-state index contributed by atoms with van der Waals surface area (Å²) in [6.45, 7) is 3.84. The summed E-state index contributed by atoms with van der Waals surface area (Å²) in [4.78, 5) is 11.5. The molecule has 1 saturated carbocycles. The number of ether oxygens (including phenoxy) is 1. The molecule has 92 valence electrons. The molecule has 1 aliphatic rings. The van der Waals surface area contributed by atoms with Crippen LogP contribution in [0.1, 0.15) is 26.7 Å². The fraction of sp³-hybridized carbons (Fsp3) is 0.462. The van der Waals surface area contributed by atoms with Crippen molar-refractivity contribution in [3.05, 3.63) is 29.0 Å². The van der Waals surface area contributed by atoms with Crippen molar-refractivity contribution in [1.82, 2.24) is 0 Å². The number of hydrogen-bond acceptors (Lipinski definition) is 2. The molecule has 17 heavy (non-hydrogen) atoms. The van der Waals surface area contributed by atoms with Gasteiger partial charge in [-0.25, -0.2) is 4.39 Å². The fourth-order valence-electron chi connectivity index (χ4n) is 1.99. The van der Waals surface area contributed by atoms with E-state index in [1.807, 2.05) is 13.8 Å². The van der Waals surface area contributed by atoms with Crippen molar-refractivity contribution < 1.29 is 13.9 Å². The average molecular weight is 257 g/mol. The Hall–Kier alpha value is -1.09. The minimum absolute atomic E-state index is 0.0697. The van der Waals surface area contributed by atoms with Crippen molar-refractivity contribution in [3.8, 4) is 5.75 Å². The highest BCUT2D eigenvalue weighted by Gasteiger charge is 2.51. The summed E-state index contributed by atoms with van der Waals surface area (Å²) >= 11 is 5.59. The van der Waals surface area contributed by atoms with Gasteiger partial charge in [0.25, 0.3) is 0 Å². The number of Topliss-reactive ketones (excluding diaryl/α,β-unsaturated/α-hetero) is 1. The lowest BCUT2D eigenvalue weighted by molar-refractivity contribution is -0.150. The van der Waals surface area contributed by atoms with Crippen LogP contribution >= 0.6 is 11.6 Å². The third kappa shape index (κ3) is 2.04. The van der Waals surface area contributed by atoms with Crippen LogP contribution in [0, 0.1) is 11.2 Å². The van der Waals surface area contributed by atoms with Crippen LogP contribution in [-0.4, -0.2) is 11.9 Å². The van der Waals surface area contributed by atoms with Gasteiger partial charge in [0.15, 0.2) is 0 Å². The zero-order valence-corrected chi connectivity index (χ0v) is 10.6.